The fourth-order valence-electron chi connectivity index (χ4n) is 3.57. The predicted octanol–water partition coefficient (Wildman–Crippen LogP) is 7.21. The summed E-state index contributed by atoms with van der Waals surface area (Å²) in [6.45, 7) is 4.80. The van der Waals surface area contributed by atoms with Crippen molar-refractivity contribution in [3.8, 4) is 0 Å². The van der Waals surface area contributed by atoms with E-state index >= 15 is 0 Å². The minimum atomic E-state index is -0.0289. The molecule has 139 valence electrons. The van der Waals surface area contributed by atoms with E-state index in [1.165, 1.54) is 17.3 Å². The Labute approximate surface area is 205 Å². The molecule has 0 heterocycles. The third-order valence-electron chi connectivity index (χ3n) is 4.48. The third kappa shape index (κ3) is 5.60. The Bertz CT molecular complexity index is 688. The first-order chi connectivity index (χ1) is 11.1. The molecule has 1 aliphatic rings. The van der Waals surface area contributed by atoms with Gasteiger partial charge in [0.15, 0.2) is 0 Å². The second kappa shape index (κ2) is 12.3. The molecule has 0 aromatic heterocycles. The van der Waals surface area contributed by atoms with Crippen LogP contribution in [0.15, 0.2) is 81.7 Å². The Morgan fingerprint density at radius 3 is 1.65 bits per heavy atom. The van der Waals surface area contributed by atoms with E-state index in [-0.39, 0.29) is 64.3 Å². The van der Waals surface area contributed by atoms with Crippen molar-refractivity contribution in [2.75, 3.05) is 19.5 Å². The van der Waals surface area contributed by atoms with Gasteiger partial charge >= 0.3 is 157 Å². The number of benzene rings is 2. The molecule has 5 heteroatoms. The van der Waals surface area contributed by atoms with E-state index in [4.69, 9.17) is 0 Å². The number of rotatable bonds is 5. The molecule has 2 aromatic rings. The second-order valence-corrected chi connectivity index (χ2v) is 10.3. The Balaban J connectivity index is 0.00000208. The molecule has 0 nitrogen and oxygen atoms in total. The maximum absolute atomic E-state index is 2.40. The zero-order valence-corrected chi connectivity index (χ0v) is 23.5. The van der Waals surface area contributed by atoms with Gasteiger partial charge in [0, 0.05) is 0 Å². The average molecular weight is 639 g/mol. The van der Waals surface area contributed by atoms with E-state index in [1.807, 2.05) is 0 Å². The Morgan fingerprint density at radius 2 is 1.31 bits per heavy atom. The summed E-state index contributed by atoms with van der Waals surface area (Å²) >= 11 is 1.55. The van der Waals surface area contributed by atoms with Crippen molar-refractivity contribution in [2.45, 2.75) is 11.8 Å². The Morgan fingerprint density at radius 1 is 0.846 bits per heavy atom. The SMILES string of the molecule is Br.Br.Br.CP(C)CC(C1=[C]([Zr])CC=C1)(c1ccccc1)c1ccccc1. The number of hydrogen-bond donors (Lipinski definition) is 0. The van der Waals surface area contributed by atoms with Crippen LogP contribution in [0.5, 0.6) is 0 Å². The molecule has 2 aromatic carbocycles. The van der Waals surface area contributed by atoms with Gasteiger partial charge in [-0.3, -0.25) is 0 Å². The average Bonchev–Trinajstić information content (AvgIpc) is 3.00. The molecule has 0 bridgehead atoms. The number of allylic oxidation sites excluding steroid dienone is 4. The summed E-state index contributed by atoms with van der Waals surface area (Å²) in [6, 6.07) is 22.2. The van der Waals surface area contributed by atoms with Gasteiger partial charge in [-0.2, -0.15) is 0 Å². The third-order valence-corrected chi connectivity index (χ3v) is 6.75. The van der Waals surface area contributed by atoms with Gasteiger partial charge in [0.05, 0.1) is 0 Å². The molecule has 3 rings (SSSR count). The summed E-state index contributed by atoms with van der Waals surface area (Å²) in [6.07, 6.45) is 7.06. The van der Waals surface area contributed by atoms with Crippen LogP contribution in [0.25, 0.3) is 0 Å². The van der Waals surface area contributed by atoms with Crippen LogP contribution in [0.4, 0.5) is 0 Å². The normalized spacial score (nSPS) is 13.0. The number of halogens is 3. The molecular formula is C21H25Br3PZr. The molecule has 0 aliphatic heterocycles. The first kappa shape index (κ1) is 26.7. The molecule has 0 N–H and O–H groups in total. The van der Waals surface area contributed by atoms with Gasteiger partial charge in [0.25, 0.3) is 0 Å². The van der Waals surface area contributed by atoms with Crippen LogP contribution in [0.1, 0.15) is 17.5 Å². The van der Waals surface area contributed by atoms with Crippen LogP contribution in [0, 0.1) is 0 Å². The van der Waals surface area contributed by atoms with Gasteiger partial charge in [-0.25, -0.2) is 0 Å². The second-order valence-electron chi connectivity index (χ2n) is 6.37. The zero-order valence-electron chi connectivity index (χ0n) is 15.0. The van der Waals surface area contributed by atoms with Crippen molar-refractivity contribution in [2.24, 2.45) is 0 Å². The van der Waals surface area contributed by atoms with Gasteiger partial charge < -0.3 is 0 Å². The van der Waals surface area contributed by atoms with Crippen LogP contribution in [-0.4, -0.2) is 19.5 Å². The molecule has 0 radical (unpaired) electrons. The predicted molar refractivity (Wildman–Crippen MR) is 129 cm³/mol. The van der Waals surface area contributed by atoms with Crippen LogP contribution >= 0.6 is 58.9 Å². The molecule has 26 heavy (non-hydrogen) atoms. The van der Waals surface area contributed by atoms with Gasteiger partial charge in [-0.15, -0.1) is 50.9 Å². The summed E-state index contributed by atoms with van der Waals surface area (Å²) in [5, 5.41) is 0. The topological polar surface area (TPSA) is 0 Å². The van der Waals surface area contributed by atoms with E-state index in [0.29, 0.717) is 0 Å². The Kier molecular flexibility index (Phi) is 12.6. The Hall–Kier alpha value is 0.673. The molecule has 0 fully saturated rings. The summed E-state index contributed by atoms with van der Waals surface area (Å²) in [7, 11) is -0.0289. The van der Waals surface area contributed by atoms with Gasteiger partial charge in [-0.1, -0.05) is 0 Å². The van der Waals surface area contributed by atoms with E-state index in [1.54, 1.807) is 33.6 Å². The van der Waals surface area contributed by atoms with E-state index in [2.05, 4.69) is 86.1 Å². The van der Waals surface area contributed by atoms with Crippen molar-refractivity contribution < 1.29 is 24.7 Å². The summed E-state index contributed by atoms with van der Waals surface area (Å²) < 4.78 is 1.60. The molecule has 1 aliphatic carbocycles. The quantitative estimate of drug-likeness (QED) is 0.304. The standard InChI is InChI=1S/C21H22P.3BrH.Zr/c1-22(2)17-21(20-15-9-10-16-20,18-11-5-3-6-12-18)19-13-7-4-8-14-19;;;;/h3-9,11-15H,10,17H2,1-2H3;3*1H;. The van der Waals surface area contributed by atoms with Crippen LogP contribution in [0.3, 0.4) is 0 Å². The van der Waals surface area contributed by atoms with E-state index in [0.717, 1.165) is 6.42 Å². The van der Waals surface area contributed by atoms with Gasteiger partial charge in [-0.05, 0) is 0 Å². The maximum atomic E-state index is 2.40. The molecule has 0 amide bonds. The van der Waals surface area contributed by atoms with Crippen molar-refractivity contribution >= 4 is 58.9 Å². The first-order valence-corrected chi connectivity index (χ1v) is 11.7. The molecule has 0 atom stereocenters. The fourth-order valence-corrected chi connectivity index (χ4v) is 6.07. The summed E-state index contributed by atoms with van der Waals surface area (Å²) in [5.41, 5.74) is 4.42. The van der Waals surface area contributed by atoms with Crippen LogP contribution in [0.2, 0.25) is 0 Å². The van der Waals surface area contributed by atoms with Crippen molar-refractivity contribution in [3.63, 3.8) is 0 Å². The van der Waals surface area contributed by atoms with Crippen molar-refractivity contribution in [3.05, 3.63) is 92.8 Å². The molecule has 0 spiro atoms. The summed E-state index contributed by atoms with van der Waals surface area (Å²) in [4.78, 5) is 0. The van der Waals surface area contributed by atoms with Gasteiger partial charge in [0.2, 0.25) is 0 Å². The molecule has 0 saturated heterocycles. The number of hydrogen-bond acceptors (Lipinski definition) is 0. The first-order valence-electron chi connectivity index (χ1n) is 8.02. The molecular weight excluding hydrogens is 614 g/mol. The summed E-state index contributed by atoms with van der Waals surface area (Å²) in [5.74, 6) is 0. The molecule has 0 unspecified atom stereocenters. The fraction of sp³-hybridized carbons (Fsp3) is 0.238. The van der Waals surface area contributed by atoms with E-state index < -0.39 is 0 Å². The molecule has 0 saturated carbocycles. The van der Waals surface area contributed by atoms with Crippen LogP contribution < -0.4 is 0 Å². The zero-order chi connectivity index (χ0) is 16.3. The van der Waals surface area contributed by atoms with Crippen molar-refractivity contribution in [1.82, 2.24) is 0 Å². The van der Waals surface area contributed by atoms with Gasteiger partial charge in [0.1, 0.15) is 0 Å². The van der Waals surface area contributed by atoms with Crippen molar-refractivity contribution in [1.29, 1.82) is 0 Å². The minimum absolute atomic E-state index is 0. The monoisotopic (exact) mass is 635 g/mol. The van der Waals surface area contributed by atoms with E-state index in [9.17, 15) is 0 Å². The van der Waals surface area contributed by atoms with Crippen LogP contribution in [-0.2, 0) is 30.1 Å².